The molecule has 5 aliphatic rings. The number of rotatable bonds is 7. The smallest absolute Gasteiger partial charge is 0.332 e. The second-order valence-corrected chi connectivity index (χ2v) is 16.3. The summed E-state index contributed by atoms with van der Waals surface area (Å²) in [6.45, 7) is 24.0. The van der Waals surface area contributed by atoms with Gasteiger partial charge >= 0.3 is 11.9 Å². The normalized spacial score (nSPS) is 46.3. The lowest BCUT2D eigenvalue weighted by molar-refractivity contribution is -0.252. The van der Waals surface area contributed by atoms with Crippen molar-refractivity contribution < 1.29 is 23.8 Å². The zero-order valence-electron chi connectivity index (χ0n) is 27.4. The van der Waals surface area contributed by atoms with E-state index < -0.39 is 0 Å². The number of allylic oxidation sites excluding steroid dienone is 1. The van der Waals surface area contributed by atoms with Gasteiger partial charge in [0.2, 0.25) is 0 Å². The van der Waals surface area contributed by atoms with Gasteiger partial charge in [-0.05, 0) is 124 Å². The monoisotopic (exact) mass is 570 g/mol. The van der Waals surface area contributed by atoms with E-state index in [0.717, 1.165) is 25.7 Å². The van der Waals surface area contributed by atoms with Crippen molar-refractivity contribution in [3.63, 3.8) is 0 Å². The van der Waals surface area contributed by atoms with Gasteiger partial charge in [0.25, 0.3) is 0 Å². The van der Waals surface area contributed by atoms with E-state index in [1.54, 1.807) is 6.92 Å². The standard InChI is InChI=1S/C36H58O5/c1-10-39-21-30(38)40-22-36-18-13-25(23(2)3)31(36)26-11-12-28-33(7)16-15-29(41-24(4)37)32(5,6)27(33)14-17-35(28,9)34(26,8)19-20-36/h25-29,31H,2,10-22H2,1,3-9H3/t25-,26?,27?,28?,29-,31?,33-,34+,35+,36+/m0/s1. The molecule has 0 aromatic rings. The molecule has 0 saturated heterocycles. The van der Waals surface area contributed by atoms with Crippen LogP contribution in [0.5, 0.6) is 0 Å². The summed E-state index contributed by atoms with van der Waals surface area (Å²) in [5, 5.41) is 0. The Labute approximate surface area is 249 Å². The molecular formula is C36H58O5. The van der Waals surface area contributed by atoms with E-state index >= 15 is 0 Å². The average molecular weight is 571 g/mol. The highest BCUT2D eigenvalue weighted by Gasteiger charge is 2.71. The number of carbonyl (C=O) groups is 2. The third kappa shape index (κ3) is 4.65. The van der Waals surface area contributed by atoms with Crippen molar-refractivity contribution in [2.24, 2.45) is 56.7 Å². The molecule has 5 aliphatic carbocycles. The minimum absolute atomic E-state index is 0.0126. The van der Waals surface area contributed by atoms with E-state index in [1.807, 2.05) is 6.92 Å². The first-order valence-corrected chi connectivity index (χ1v) is 16.7. The summed E-state index contributed by atoms with van der Waals surface area (Å²) >= 11 is 0. The predicted molar refractivity (Wildman–Crippen MR) is 162 cm³/mol. The minimum Gasteiger partial charge on any atom is -0.463 e. The van der Waals surface area contributed by atoms with Gasteiger partial charge in [0, 0.05) is 24.4 Å². The van der Waals surface area contributed by atoms with Crippen molar-refractivity contribution in [3.8, 4) is 0 Å². The summed E-state index contributed by atoms with van der Waals surface area (Å²) in [4.78, 5) is 24.5. The predicted octanol–water partition coefficient (Wildman–Crippen LogP) is 8.16. The topological polar surface area (TPSA) is 61.8 Å². The van der Waals surface area contributed by atoms with Gasteiger partial charge in [0.1, 0.15) is 12.7 Å². The summed E-state index contributed by atoms with van der Waals surface area (Å²) in [5.41, 5.74) is 2.14. The molecule has 0 bridgehead atoms. The molecule has 0 aromatic carbocycles. The van der Waals surface area contributed by atoms with Crippen LogP contribution in [-0.4, -0.2) is 37.9 Å². The van der Waals surface area contributed by atoms with Crippen LogP contribution < -0.4 is 0 Å². The maximum atomic E-state index is 12.5. The van der Waals surface area contributed by atoms with Gasteiger partial charge in [-0.15, -0.1) is 0 Å². The molecular weight excluding hydrogens is 512 g/mol. The Bertz CT molecular complexity index is 1050. The molecule has 5 nitrogen and oxygen atoms in total. The van der Waals surface area contributed by atoms with E-state index in [4.69, 9.17) is 14.2 Å². The number of hydrogen-bond acceptors (Lipinski definition) is 5. The zero-order valence-corrected chi connectivity index (χ0v) is 27.4. The number of hydrogen-bond donors (Lipinski definition) is 0. The van der Waals surface area contributed by atoms with Crippen LogP contribution >= 0.6 is 0 Å². The number of esters is 2. The summed E-state index contributed by atoms with van der Waals surface area (Å²) in [5.74, 6) is 2.53. The summed E-state index contributed by atoms with van der Waals surface area (Å²) in [6.07, 6.45) is 11.8. The molecule has 0 radical (unpaired) electrons. The molecule has 0 spiro atoms. The molecule has 232 valence electrons. The van der Waals surface area contributed by atoms with Crippen LogP contribution in [0.1, 0.15) is 120 Å². The molecule has 0 aromatic heterocycles. The number of carbonyl (C=O) groups excluding carboxylic acids is 2. The third-order valence-corrected chi connectivity index (χ3v) is 14.4. The van der Waals surface area contributed by atoms with Crippen LogP contribution in [0.2, 0.25) is 0 Å². The van der Waals surface area contributed by atoms with Crippen molar-refractivity contribution in [3.05, 3.63) is 12.2 Å². The fourth-order valence-corrected chi connectivity index (χ4v) is 12.4. The molecule has 0 heterocycles. The zero-order chi connectivity index (χ0) is 30.0. The summed E-state index contributed by atoms with van der Waals surface area (Å²) in [6, 6.07) is 0. The average Bonchev–Trinajstić information content (AvgIpc) is 3.28. The largest absolute Gasteiger partial charge is 0.463 e. The fourth-order valence-electron chi connectivity index (χ4n) is 12.4. The lowest BCUT2D eigenvalue weighted by atomic mass is 9.32. The summed E-state index contributed by atoms with van der Waals surface area (Å²) < 4.78 is 17.3. The first-order chi connectivity index (χ1) is 19.2. The van der Waals surface area contributed by atoms with Crippen LogP contribution in [0.3, 0.4) is 0 Å². The van der Waals surface area contributed by atoms with Crippen molar-refractivity contribution in [1.29, 1.82) is 0 Å². The molecule has 10 atom stereocenters. The van der Waals surface area contributed by atoms with Gasteiger partial charge in [-0.2, -0.15) is 0 Å². The molecule has 0 amide bonds. The van der Waals surface area contributed by atoms with Gasteiger partial charge in [0.15, 0.2) is 0 Å². The van der Waals surface area contributed by atoms with Crippen LogP contribution in [0.4, 0.5) is 0 Å². The Hall–Kier alpha value is -1.36. The second kappa shape index (κ2) is 10.7. The first kappa shape index (κ1) is 31.1. The Kier molecular flexibility index (Phi) is 8.08. The van der Waals surface area contributed by atoms with Gasteiger partial charge < -0.3 is 14.2 Å². The molecule has 5 heteroatoms. The summed E-state index contributed by atoms with van der Waals surface area (Å²) in [7, 11) is 0. The Morgan fingerprint density at radius 2 is 1.56 bits per heavy atom. The van der Waals surface area contributed by atoms with Gasteiger partial charge in [-0.25, -0.2) is 4.79 Å². The SMILES string of the molecule is C=C(C)[C@@H]1CC[C@]2(COC(=O)COCC)CC[C@]3(C)C(CCC4[C@@]5(C)CC[C@H](OC(C)=O)C(C)(C)C5CC[C@]43C)C12. The van der Waals surface area contributed by atoms with Crippen molar-refractivity contribution in [2.45, 2.75) is 126 Å². The molecule has 41 heavy (non-hydrogen) atoms. The van der Waals surface area contributed by atoms with Gasteiger partial charge in [-0.1, -0.05) is 46.8 Å². The molecule has 5 rings (SSSR count). The number of fused-ring (bicyclic) bond motifs is 7. The first-order valence-electron chi connectivity index (χ1n) is 16.7. The van der Waals surface area contributed by atoms with Crippen molar-refractivity contribution in [1.82, 2.24) is 0 Å². The molecule has 0 aliphatic heterocycles. The molecule has 4 unspecified atom stereocenters. The van der Waals surface area contributed by atoms with E-state index in [9.17, 15) is 9.59 Å². The highest BCUT2D eigenvalue weighted by Crippen LogP contribution is 2.77. The molecule has 5 fully saturated rings. The maximum absolute atomic E-state index is 12.5. The lowest BCUT2D eigenvalue weighted by Gasteiger charge is -2.73. The van der Waals surface area contributed by atoms with Crippen LogP contribution in [0, 0.1) is 56.7 Å². The van der Waals surface area contributed by atoms with Crippen LogP contribution in [0.15, 0.2) is 12.2 Å². The fraction of sp³-hybridized carbons (Fsp3) is 0.889. The maximum Gasteiger partial charge on any atom is 0.332 e. The molecule has 5 saturated carbocycles. The highest BCUT2D eigenvalue weighted by molar-refractivity contribution is 5.70. The lowest BCUT2D eigenvalue weighted by Crippen LogP contribution is -2.67. The molecule has 0 N–H and O–H groups in total. The highest BCUT2D eigenvalue weighted by atomic mass is 16.6. The van der Waals surface area contributed by atoms with E-state index in [2.05, 4.69) is 48.1 Å². The Balaban J connectivity index is 1.45. The van der Waals surface area contributed by atoms with E-state index in [1.165, 1.54) is 44.1 Å². The quantitative estimate of drug-likeness (QED) is 0.228. The van der Waals surface area contributed by atoms with Crippen molar-refractivity contribution >= 4 is 11.9 Å². The Morgan fingerprint density at radius 3 is 2.22 bits per heavy atom. The van der Waals surface area contributed by atoms with Gasteiger partial charge in [-0.3, -0.25) is 4.79 Å². The minimum atomic E-state index is -0.221. The van der Waals surface area contributed by atoms with E-state index in [0.29, 0.717) is 42.8 Å². The van der Waals surface area contributed by atoms with Crippen LogP contribution in [0.25, 0.3) is 0 Å². The van der Waals surface area contributed by atoms with Gasteiger partial charge in [0.05, 0.1) is 6.61 Å². The second-order valence-electron chi connectivity index (χ2n) is 16.3. The van der Waals surface area contributed by atoms with Crippen LogP contribution in [-0.2, 0) is 23.8 Å². The Morgan fingerprint density at radius 1 is 0.829 bits per heavy atom. The third-order valence-electron chi connectivity index (χ3n) is 14.4. The van der Waals surface area contributed by atoms with E-state index in [-0.39, 0.29) is 51.7 Å². The van der Waals surface area contributed by atoms with Crippen molar-refractivity contribution in [2.75, 3.05) is 19.8 Å². The number of ether oxygens (including phenoxy) is 3.